The molecule has 0 amide bonds. The van der Waals surface area contributed by atoms with Crippen LogP contribution < -0.4 is 0 Å². The molecule has 1 rings (SSSR count). The van der Waals surface area contributed by atoms with Crippen molar-refractivity contribution in [1.82, 2.24) is 0 Å². The van der Waals surface area contributed by atoms with Crippen molar-refractivity contribution in [2.45, 2.75) is 12.8 Å². The molecule has 0 spiro atoms. The van der Waals surface area contributed by atoms with Crippen LogP contribution in [-0.4, -0.2) is 13.2 Å². The molecule has 1 aliphatic rings. The Morgan fingerprint density at radius 3 is 2.88 bits per heavy atom. The van der Waals surface area contributed by atoms with Crippen molar-refractivity contribution in [3.8, 4) is 0 Å². The fraction of sp³-hybridized carbons (Fsp3) is 0.667. The smallest absolute Gasteiger partial charge is 0.0684 e. The van der Waals surface area contributed by atoms with Crippen LogP contribution in [0.25, 0.3) is 0 Å². The van der Waals surface area contributed by atoms with Crippen LogP contribution in [0.3, 0.4) is 0 Å². The number of halogens is 1. The average Bonchev–Trinajstić information content (AvgIpc) is 1.90. The summed E-state index contributed by atoms with van der Waals surface area (Å²) in [6, 6.07) is 0. The number of rotatable bonds is 0. The van der Waals surface area contributed by atoms with E-state index in [1.165, 1.54) is 18.4 Å². The predicted octanol–water partition coefficient (Wildman–Crippen LogP) is 2.08. The molecule has 8 heavy (non-hydrogen) atoms. The highest BCUT2D eigenvalue weighted by molar-refractivity contribution is 9.11. The molecule has 0 atom stereocenters. The van der Waals surface area contributed by atoms with Crippen molar-refractivity contribution in [1.29, 1.82) is 0 Å². The minimum absolute atomic E-state index is 0.825. The summed E-state index contributed by atoms with van der Waals surface area (Å²) >= 11 is 3.27. The number of hydrogen-bond donors (Lipinski definition) is 0. The molecular formula is C6H9BrO. The van der Waals surface area contributed by atoms with Gasteiger partial charge in [-0.2, -0.15) is 0 Å². The standard InChI is InChI=1S/C6H9BrO/c7-4-6-2-1-3-8-5-6/h4H,1-3,5H2/b6-4-. The zero-order chi connectivity index (χ0) is 5.82. The molecule has 0 bridgehead atoms. The van der Waals surface area contributed by atoms with E-state index >= 15 is 0 Å². The first kappa shape index (κ1) is 6.30. The normalized spacial score (nSPS) is 26.4. The molecule has 0 aromatic rings. The lowest BCUT2D eigenvalue weighted by Gasteiger charge is -2.12. The van der Waals surface area contributed by atoms with Gasteiger partial charge in [-0.25, -0.2) is 0 Å². The second-order valence-electron chi connectivity index (χ2n) is 1.92. The minimum atomic E-state index is 0.825. The van der Waals surface area contributed by atoms with Crippen LogP contribution in [0.4, 0.5) is 0 Å². The second-order valence-corrected chi connectivity index (χ2v) is 2.38. The van der Waals surface area contributed by atoms with Crippen LogP contribution in [0.2, 0.25) is 0 Å². The molecule has 1 fully saturated rings. The second kappa shape index (κ2) is 3.25. The van der Waals surface area contributed by atoms with Crippen LogP contribution in [0.15, 0.2) is 10.6 Å². The summed E-state index contributed by atoms with van der Waals surface area (Å²) in [5.41, 5.74) is 1.37. The maximum absolute atomic E-state index is 5.17. The van der Waals surface area contributed by atoms with Gasteiger partial charge in [0.1, 0.15) is 0 Å². The van der Waals surface area contributed by atoms with Gasteiger partial charge in [-0.3, -0.25) is 0 Å². The summed E-state index contributed by atoms with van der Waals surface area (Å²) in [6.45, 7) is 1.76. The first-order chi connectivity index (χ1) is 3.93. The maximum Gasteiger partial charge on any atom is 0.0684 e. The van der Waals surface area contributed by atoms with E-state index in [0.717, 1.165) is 13.2 Å². The Bertz CT molecular complexity index is 90.7. The lowest BCUT2D eigenvalue weighted by molar-refractivity contribution is 0.130. The first-order valence-electron chi connectivity index (χ1n) is 2.79. The van der Waals surface area contributed by atoms with E-state index in [2.05, 4.69) is 15.9 Å². The van der Waals surface area contributed by atoms with Crippen LogP contribution in [-0.2, 0) is 4.74 Å². The zero-order valence-electron chi connectivity index (χ0n) is 4.69. The van der Waals surface area contributed by atoms with Crippen molar-refractivity contribution in [2.75, 3.05) is 13.2 Å². The Balaban J connectivity index is 2.33. The van der Waals surface area contributed by atoms with Crippen LogP contribution >= 0.6 is 15.9 Å². The van der Waals surface area contributed by atoms with E-state index in [-0.39, 0.29) is 0 Å². The van der Waals surface area contributed by atoms with Crippen LogP contribution in [0.1, 0.15) is 12.8 Å². The van der Waals surface area contributed by atoms with Crippen LogP contribution in [0, 0.1) is 0 Å². The lowest BCUT2D eigenvalue weighted by Crippen LogP contribution is -2.06. The molecule has 0 unspecified atom stereocenters. The predicted molar refractivity (Wildman–Crippen MR) is 37.1 cm³/mol. The number of ether oxygens (including phenoxy) is 1. The number of hydrogen-bond acceptors (Lipinski definition) is 1. The Hall–Kier alpha value is 0.180. The van der Waals surface area contributed by atoms with Crippen molar-refractivity contribution in [3.05, 3.63) is 10.6 Å². The van der Waals surface area contributed by atoms with Crippen molar-refractivity contribution in [2.24, 2.45) is 0 Å². The van der Waals surface area contributed by atoms with Crippen molar-refractivity contribution >= 4 is 15.9 Å². The molecule has 1 heterocycles. The van der Waals surface area contributed by atoms with Gasteiger partial charge in [0.2, 0.25) is 0 Å². The van der Waals surface area contributed by atoms with E-state index in [1.807, 2.05) is 4.99 Å². The molecule has 1 nitrogen and oxygen atoms in total. The fourth-order valence-corrected chi connectivity index (χ4v) is 1.12. The van der Waals surface area contributed by atoms with Crippen molar-refractivity contribution < 1.29 is 4.74 Å². The third-order valence-corrected chi connectivity index (χ3v) is 1.88. The van der Waals surface area contributed by atoms with Gasteiger partial charge >= 0.3 is 0 Å². The van der Waals surface area contributed by atoms with Gasteiger partial charge in [-0.05, 0) is 23.4 Å². The Morgan fingerprint density at radius 2 is 2.50 bits per heavy atom. The summed E-state index contributed by atoms with van der Waals surface area (Å²) in [7, 11) is 0. The average molecular weight is 177 g/mol. The summed E-state index contributed by atoms with van der Waals surface area (Å²) in [5, 5.41) is 0. The van der Waals surface area contributed by atoms with E-state index < -0.39 is 0 Å². The maximum atomic E-state index is 5.17. The fourth-order valence-electron chi connectivity index (χ4n) is 0.763. The monoisotopic (exact) mass is 176 g/mol. The largest absolute Gasteiger partial charge is 0.377 e. The SMILES string of the molecule is Br/C=C1/CCCOC1. The Labute approximate surface area is 57.8 Å². The molecular weight excluding hydrogens is 168 g/mol. The molecule has 46 valence electrons. The van der Waals surface area contributed by atoms with Crippen LogP contribution in [0.5, 0.6) is 0 Å². The first-order valence-corrected chi connectivity index (χ1v) is 3.71. The molecule has 0 N–H and O–H groups in total. The highest BCUT2D eigenvalue weighted by atomic mass is 79.9. The van der Waals surface area contributed by atoms with E-state index in [4.69, 9.17) is 4.74 Å². The zero-order valence-corrected chi connectivity index (χ0v) is 6.28. The summed E-state index contributed by atoms with van der Waals surface area (Å²) in [6.07, 6.45) is 2.38. The van der Waals surface area contributed by atoms with Gasteiger partial charge in [0.25, 0.3) is 0 Å². The summed E-state index contributed by atoms with van der Waals surface area (Å²) < 4.78 is 5.17. The highest BCUT2D eigenvalue weighted by Crippen LogP contribution is 2.12. The van der Waals surface area contributed by atoms with Gasteiger partial charge < -0.3 is 4.74 Å². The topological polar surface area (TPSA) is 9.23 Å². The van der Waals surface area contributed by atoms with Gasteiger partial charge in [-0.1, -0.05) is 15.9 Å². The van der Waals surface area contributed by atoms with E-state index in [0.29, 0.717) is 0 Å². The third kappa shape index (κ3) is 1.60. The quantitative estimate of drug-likeness (QED) is 0.550. The summed E-state index contributed by atoms with van der Waals surface area (Å²) in [5.74, 6) is 0. The van der Waals surface area contributed by atoms with Gasteiger partial charge in [0, 0.05) is 6.61 Å². The Kier molecular flexibility index (Phi) is 2.56. The molecule has 2 heteroatoms. The molecule has 0 aliphatic carbocycles. The molecule has 0 saturated carbocycles. The van der Waals surface area contributed by atoms with Gasteiger partial charge in [0.05, 0.1) is 6.61 Å². The molecule has 1 aliphatic heterocycles. The van der Waals surface area contributed by atoms with Gasteiger partial charge in [-0.15, -0.1) is 0 Å². The lowest BCUT2D eigenvalue weighted by atomic mass is 10.1. The summed E-state index contributed by atoms with van der Waals surface area (Å²) in [4.78, 5) is 1.96. The van der Waals surface area contributed by atoms with E-state index in [1.54, 1.807) is 0 Å². The van der Waals surface area contributed by atoms with Crippen molar-refractivity contribution in [3.63, 3.8) is 0 Å². The Morgan fingerprint density at radius 1 is 1.62 bits per heavy atom. The van der Waals surface area contributed by atoms with E-state index in [9.17, 15) is 0 Å². The highest BCUT2D eigenvalue weighted by Gasteiger charge is 2.02. The molecule has 0 aromatic heterocycles. The third-order valence-electron chi connectivity index (χ3n) is 1.23. The minimum Gasteiger partial charge on any atom is -0.377 e. The molecule has 1 saturated heterocycles. The molecule has 0 aromatic carbocycles. The van der Waals surface area contributed by atoms with Gasteiger partial charge in [0.15, 0.2) is 0 Å². The molecule has 0 radical (unpaired) electrons.